The second-order valence-corrected chi connectivity index (χ2v) is 7.50. The number of anilines is 1. The van der Waals surface area contributed by atoms with Gasteiger partial charge in [0.25, 0.3) is 5.91 Å². The van der Waals surface area contributed by atoms with Gasteiger partial charge in [-0.1, -0.05) is 6.92 Å². The molecule has 0 radical (unpaired) electrons. The molecule has 2 N–H and O–H groups in total. The van der Waals surface area contributed by atoms with Crippen LogP contribution in [0.25, 0.3) is 0 Å². The van der Waals surface area contributed by atoms with Crippen LogP contribution in [0.4, 0.5) is 18.9 Å². The number of halogens is 3. The predicted octanol–water partition coefficient (Wildman–Crippen LogP) is 3.66. The van der Waals surface area contributed by atoms with E-state index in [1.807, 2.05) is 6.07 Å². The second kappa shape index (κ2) is 7.49. The molecule has 0 saturated carbocycles. The maximum Gasteiger partial charge on any atom is 0.261 e. The monoisotopic (exact) mass is 382 g/mol. The van der Waals surface area contributed by atoms with Crippen LogP contribution in [0.5, 0.6) is 0 Å². The average molecular weight is 382 g/mol. The largest absolute Gasteiger partial charge is 0.342 e. The molecule has 0 fully saturated rings. The van der Waals surface area contributed by atoms with Gasteiger partial charge >= 0.3 is 0 Å². The van der Waals surface area contributed by atoms with E-state index in [1.54, 1.807) is 0 Å². The molecule has 138 valence electrons. The molecule has 0 aliphatic heterocycles. The van der Waals surface area contributed by atoms with Crippen molar-refractivity contribution in [2.45, 2.75) is 26.2 Å². The molecule has 3 rings (SSSR count). The molecule has 0 bridgehead atoms. The van der Waals surface area contributed by atoms with Gasteiger partial charge in [-0.3, -0.25) is 9.59 Å². The quantitative estimate of drug-likeness (QED) is 0.793. The highest BCUT2D eigenvalue weighted by atomic mass is 32.1. The van der Waals surface area contributed by atoms with Gasteiger partial charge in [0.1, 0.15) is 0 Å². The Morgan fingerprint density at radius 2 is 2.00 bits per heavy atom. The number of fused-ring (bicyclic) bond motifs is 1. The van der Waals surface area contributed by atoms with E-state index in [2.05, 4.69) is 17.6 Å². The molecule has 2 amide bonds. The Hall–Kier alpha value is -2.35. The lowest BCUT2D eigenvalue weighted by Gasteiger charge is -2.16. The van der Waals surface area contributed by atoms with Gasteiger partial charge in [0.2, 0.25) is 5.91 Å². The lowest BCUT2D eigenvalue weighted by Crippen LogP contribution is -2.32. The first kappa shape index (κ1) is 18.4. The summed E-state index contributed by atoms with van der Waals surface area (Å²) in [5.74, 6) is -5.03. The summed E-state index contributed by atoms with van der Waals surface area (Å²) < 4.78 is 39.6. The highest BCUT2D eigenvalue weighted by molar-refractivity contribution is 7.14. The average Bonchev–Trinajstić information content (AvgIpc) is 3.03. The molecule has 2 aromatic rings. The van der Waals surface area contributed by atoms with Crippen molar-refractivity contribution in [2.24, 2.45) is 5.92 Å². The van der Waals surface area contributed by atoms with Gasteiger partial charge in [-0.25, -0.2) is 13.2 Å². The first-order valence-corrected chi connectivity index (χ1v) is 9.00. The zero-order valence-electron chi connectivity index (χ0n) is 14.0. The molecular formula is C18H17F3N2O2S. The summed E-state index contributed by atoms with van der Waals surface area (Å²) in [6, 6.07) is 3.48. The van der Waals surface area contributed by atoms with Crippen LogP contribution in [-0.2, 0) is 17.6 Å². The maximum absolute atomic E-state index is 13.5. The van der Waals surface area contributed by atoms with E-state index >= 15 is 0 Å². The zero-order valence-corrected chi connectivity index (χ0v) is 14.8. The van der Waals surface area contributed by atoms with Crippen molar-refractivity contribution < 1.29 is 22.8 Å². The van der Waals surface area contributed by atoms with Gasteiger partial charge in [-0.15, -0.1) is 11.3 Å². The highest BCUT2D eigenvalue weighted by Gasteiger charge is 2.21. The molecule has 1 unspecified atom stereocenters. The minimum atomic E-state index is -1.66. The highest BCUT2D eigenvalue weighted by Crippen LogP contribution is 2.32. The zero-order chi connectivity index (χ0) is 18.8. The molecule has 1 aliphatic carbocycles. The standard InChI is InChI=1S/C18H17F3N2O2S/c1-9-2-5-13-10(6-9)7-14(26-13)18(25)22-8-15(24)23-12-4-3-11(19)16(20)17(12)21/h3-4,7,9H,2,5-6,8H2,1H3,(H,22,25)(H,23,24). The number of carbonyl (C=O) groups excluding carboxylic acids is 2. The molecule has 1 aromatic carbocycles. The maximum atomic E-state index is 13.5. The molecule has 1 aliphatic rings. The number of amides is 2. The van der Waals surface area contributed by atoms with E-state index in [0.717, 1.165) is 25.3 Å². The van der Waals surface area contributed by atoms with Crippen LogP contribution >= 0.6 is 11.3 Å². The number of rotatable bonds is 4. The summed E-state index contributed by atoms with van der Waals surface area (Å²) >= 11 is 1.41. The van der Waals surface area contributed by atoms with Gasteiger partial charge < -0.3 is 10.6 Å². The number of aryl methyl sites for hydroxylation is 1. The Labute approximate surface area is 152 Å². The molecule has 0 saturated heterocycles. The molecule has 0 spiro atoms. The summed E-state index contributed by atoms with van der Waals surface area (Å²) in [7, 11) is 0. The van der Waals surface area contributed by atoms with E-state index in [9.17, 15) is 22.8 Å². The summed E-state index contributed by atoms with van der Waals surface area (Å²) in [6.45, 7) is 1.76. The fraction of sp³-hybridized carbons (Fsp3) is 0.333. The summed E-state index contributed by atoms with van der Waals surface area (Å²) in [6.07, 6.45) is 2.98. The summed E-state index contributed by atoms with van der Waals surface area (Å²) in [5.41, 5.74) is 0.691. The van der Waals surface area contributed by atoms with Crippen LogP contribution in [0, 0.1) is 23.4 Å². The van der Waals surface area contributed by atoms with Crippen molar-refractivity contribution in [1.29, 1.82) is 0 Å². The lowest BCUT2D eigenvalue weighted by molar-refractivity contribution is -0.115. The molecule has 1 heterocycles. The fourth-order valence-electron chi connectivity index (χ4n) is 2.88. The predicted molar refractivity (Wildman–Crippen MR) is 92.8 cm³/mol. The van der Waals surface area contributed by atoms with E-state index < -0.39 is 41.5 Å². The number of carbonyl (C=O) groups is 2. The number of nitrogens with one attached hydrogen (secondary N) is 2. The number of hydrogen-bond acceptors (Lipinski definition) is 3. The van der Waals surface area contributed by atoms with Crippen LogP contribution < -0.4 is 10.6 Å². The molecular weight excluding hydrogens is 365 g/mol. The molecule has 26 heavy (non-hydrogen) atoms. The van der Waals surface area contributed by atoms with E-state index in [4.69, 9.17) is 0 Å². The van der Waals surface area contributed by atoms with Gasteiger partial charge in [-0.2, -0.15) is 0 Å². The van der Waals surface area contributed by atoms with E-state index in [1.165, 1.54) is 21.8 Å². The molecule has 1 atom stereocenters. The Morgan fingerprint density at radius 3 is 2.77 bits per heavy atom. The van der Waals surface area contributed by atoms with E-state index in [-0.39, 0.29) is 0 Å². The van der Waals surface area contributed by atoms with Crippen molar-refractivity contribution in [3.63, 3.8) is 0 Å². The minimum Gasteiger partial charge on any atom is -0.342 e. The summed E-state index contributed by atoms with van der Waals surface area (Å²) in [4.78, 5) is 25.8. The fourth-order valence-corrected chi connectivity index (χ4v) is 4.01. The second-order valence-electron chi connectivity index (χ2n) is 6.36. The third-order valence-electron chi connectivity index (χ3n) is 4.27. The first-order valence-electron chi connectivity index (χ1n) is 8.18. The van der Waals surface area contributed by atoms with Gasteiger partial charge in [0.05, 0.1) is 17.1 Å². The smallest absolute Gasteiger partial charge is 0.261 e. The van der Waals surface area contributed by atoms with Gasteiger partial charge in [0.15, 0.2) is 17.5 Å². The third-order valence-corrected chi connectivity index (χ3v) is 5.51. The van der Waals surface area contributed by atoms with Crippen molar-refractivity contribution in [2.75, 3.05) is 11.9 Å². The van der Waals surface area contributed by atoms with Crippen LogP contribution in [0.2, 0.25) is 0 Å². The SMILES string of the molecule is CC1CCc2sc(C(=O)NCC(=O)Nc3ccc(F)c(F)c3F)cc2C1. The minimum absolute atomic E-state index is 0.391. The molecule has 8 heteroatoms. The first-order chi connectivity index (χ1) is 12.3. The van der Waals surface area contributed by atoms with Crippen molar-refractivity contribution in [3.8, 4) is 0 Å². The molecule has 4 nitrogen and oxygen atoms in total. The van der Waals surface area contributed by atoms with Gasteiger partial charge in [0, 0.05) is 4.88 Å². The van der Waals surface area contributed by atoms with Crippen LogP contribution in [-0.4, -0.2) is 18.4 Å². The topological polar surface area (TPSA) is 58.2 Å². The Bertz CT molecular complexity index is 866. The normalized spacial score (nSPS) is 16.1. The van der Waals surface area contributed by atoms with Gasteiger partial charge in [-0.05, 0) is 48.9 Å². The number of benzene rings is 1. The Kier molecular flexibility index (Phi) is 5.31. The molecule has 1 aromatic heterocycles. The Balaban J connectivity index is 1.58. The van der Waals surface area contributed by atoms with Crippen LogP contribution in [0.1, 0.15) is 33.5 Å². The Morgan fingerprint density at radius 1 is 1.23 bits per heavy atom. The number of hydrogen-bond donors (Lipinski definition) is 2. The third kappa shape index (κ3) is 3.90. The van der Waals surface area contributed by atoms with Crippen LogP contribution in [0.15, 0.2) is 18.2 Å². The van der Waals surface area contributed by atoms with Crippen LogP contribution in [0.3, 0.4) is 0 Å². The lowest BCUT2D eigenvalue weighted by atomic mass is 9.90. The number of thiophene rings is 1. The van der Waals surface area contributed by atoms with Crippen molar-refractivity contribution in [3.05, 3.63) is 51.0 Å². The van der Waals surface area contributed by atoms with E-state index in [0.29, 0.717) is 16.9 Å². The van der Waals surface area contributed by atoms with Crippen molar-refractivity contribution >= 4 is 28.8 Å². The summed E-state index contributed by atoms with van der Waals surface area (Å²) in [5, 5.41) is 4.56. The van der Waals surface area contributed by atoms with Crippen molar-refractivity contribution in [1.82, 2.24) is 5.32 Å².